The second kappa shape index (κ2) is 3.44. The molecule has 3 heteroatoms. The quantitative estimate of drug-likeness (QED) is 0.665. The van der Waals surface area contributed by atoms with Crippen molar-refractivity contribution in [2.75, 3.05) is 0 Å². The van der Waals surface area contributed by atoms with Gasteiger partial charge in [-0.2, -0.15) is 0 Å². The lowest BCUT2D eigenvalue weighted by Crippen LogP contribution is -2.25. The predicted molar refractivity (Wildman–Crippen MR) is 62.0 cm³/mol. The molecule has 0 aliphatic rings. The summed E-state index contributed by atoms with van der Waals surface area (Å²) in [5.74, 6) is -0.359. The van der Waals surface area contributed by atoms with E-state index in [2.05, 4.69) is 0 Å². The van der Waals surface area contributed by atoms with Crippen LogP contribution in [0.4, 0.5) is 4.39 Å². The van der Waals surface area contributed by atoms with Gasteiger partial charge < -0.3 is 0 Å². The van der Waals surface area contributed by atoms with E-state index in [1.165, 1.54) is 16.7 Å². The first-order chi connectivity index (χ1) is 7.39. The molecule has 1 aromatic carbocycles. The number of aromatic nitrogens is 1. The SMILES string of the molecule is CC(C)(C)C(=O)n1ccc2ccc(F)cc21. The summed E-state index contributed by atoms with van der Waals surface area (Å²) in [6, 6.07) is 6.28. The first kappa shape index (κ1) is 10.9. The predicted octanol–water partition coefficient (Wildman–Crippen LogP) is 3.47. The number of rotatable bonds is 0. The maximum atomic E-state index is 13.1. The zero-order valence-corrected chi connectivity index (χ0v) is 9.62. The maximum Gasteiger partial charge on any atom is 0.236 e. The van der Waals surface area contributed by atoms with Crippen LogP contribution in [0.15, 0.2) is 30.5 Å². The molecule has 0 atom stereocenters. The fourth-order valence-corrected chi connectivity index (χ4v) is 1.64. The summed E-state index contributed by atoms with van der Waals surface area (Å²) in [6.07, 6.45) is 1.69. The van der Waals surface area contributed by atoms with Crippen LogP contribution in [0.25, 0.3) is 10.9 Å². The van der Waals surface area contributed by atoms with Crippen LogP contribution in [0, 0.1) is 11.2 Å². The lowest BCUT2D eigenvalue weighted by Gasteiger charge is -2.17. The van der Waals surface area contributed by atoms with Gasteiger partial charge in [-0.3, -0.25) is 9.36 Å². The lowest BCUT2D eigenvalue weighted by atomic mass is 9.95. The van der Waals surface area contributed by atoms with Gasteiger partial charge in [-0.15, -0.1) is 0 Å². The Bertz CT molecular complexity index is 549. The van der Waals surface area contributed by atoms with E-state index in [0.717, 1.165) is 5.39 Å². The molecule has 0 fully saturated rings. The van der Waals surface area contributed by atoms with E-state index in [9.17, 15) is 9.18 Å². The fraction of sp³-hybridized carbons (Fsp3) is 0.308. The first-order valence-corrected chi connectivity index (χ1v) is 5.21. The van der Waals surface area contributed by atoms with Crippen molar-refractivity contribution < 1.29 is 9.18 Å². The summed E-state index contributed by atoms with van der Waals surface area (Å²) in [6.45, 7) is 5.54. The molecular formula is C13H14FNO. The zero-order valence-electron chi connectivity index (χ0n) is 9.62. The largest absolute Gasteiger partial charge is 0.287 e. The Morgan fingerprint density at radius 3 is 2.56 bits per heavy atom. The minimum atomic E-state index is -0.474. The van der Waals surface area contributed by atoms with Gasteiger partial charge in [0.15, 0.2) is 0 Å². The van der Waals surface area contributed by atoms with Crippen LogP contribution in [-0.2, 0) is 0 Å². The number of nitrogens with zero attached hydrogens (tertiary/aromatic N) is 1. The molecule has 0 aliphatic carbocycles. The van der Waals surface area contributed by atoms with Gasteiger partial charge in [0.1, 0.15) is 5.82 Å². The van der Waals surface area contributed by atoms with Gasteiger partial charge in [-0.05, 0) is 24.3 Å². The Labute approximate surface area is 93.7 Å². The van der Waals surface area contributed by atoms with Crippen molar-refractivity contribution in [2.45, 2.75) is 20.8 Å². The number of halogens is 1. The molecule has 0 saturated carbocycles. The Hall–Kier alpha value is -1.64. The highest BCUT2D eigenvalue weighted by Gasteiger charge is 2.23. The third-order valence-corrected chi connectivity index (χ3v) is 2.52. The molecule has 2 rings (SSSR count). The van der Waals surface area contributed by atoms with Crippen molar-refractivity contribution in [3.63, 3.8) is 0 Å². The van der Waals surface area contributed by atoms with E-state index in [0.29, 0.717) is 5.52 Å². The lowest BCUT2D eigenvalue weighted by molar-refractivity contribution is 0.0772. The van der Waals surface area contributed by atoms with Crippen LogP contribution in [0.2, 0.25) is 0 Å². The van der Waals surface area contributed by atoms with Crippen LogP contribution < -0.4 is 0 Å². The number of carbonyl (C=O) groups is 1. The fourth-order valence-electron chi connectivity index (χ4n) is 1.64. The molecule has 0 bridgehead atoms. The molecule has 1 aromatic heterocycles. The summed E-state index contributed by atoms with van der Waals surface area (Å²) in [5, 5.41) is 0.874. The number of benzene rings is 1. The van der Waals surface area contributed by atoms with Crippen molar-refractivity contribution >= 4 is 16.8 Å². The molecule has 2 aromatic rings. The molecule has 84 valence electrons. The minimum Gasteiger partial charge on any atom is -0.287 e. The Morgan fingerprint density at radius 2 is 1.94 bits per heavy atom. The van der Waals surface area contributed by atoms with E-state index in [-0.39, 0.29) is 11.7 Å². The number of hydrogen-bond acceptors (Lipinski definition) is 1. The second-order valence-corrected chi connectivity index (χ2v) is 4.94. The second-order valence-electron chi connectivity index (χ2n) is 4.94. The first-order valence-electron chi connectivity index (χ1n) is 5.21. The Balaban J connectivity index is 2.62. The summed E-state index contributed by atoms with van der Waals surface area (Å²) < 4.78 is 14.6. The summed E-state index contributed by atoms with van der Waals surface area (Å²) in [4.78, 5) is 12.1. The smallest absolute Gasteiger partial charge is 0.236 e. The number of hydrogen-bond donors (Lipinski definition) is 0. The van der Waals surface area contributed by atoms with Crippen LogP contribution in [0.3, 0.4) is 0 Å². The van der Waals surface area contributed by atoms with Gasteiger partial charge in [0.2, 0.25) is 5.91 Å². The normalized spacial score (nSPS) is 12.0. The van der Waals surface area contributed by atoms with Gasteiger partial charge >= 0.3 is 0 Å². The maximum absolute atomic E-state index is 13.1. The van der Waals surface area contributed by atoms with Crippen LogP contribution in [0.1, 0.15) is 25.6 Å². The standard InChI is InChI=1S/C13H14FNO/c1-13(2,3)12(16)15-7-6-9-4-5-10(14)8-11(9)15/h4-8H,1-3H3. The molecule has 0 amide bonds. The van der Waals surface area contributed by atoms with E-state index in [4.69, 9.17) is 0 Å². The van der Waals surface area contributed by atoms with Gasteiger partial charge in [-0.25, -0.2) is 4.39 Å². The average molecular weight is 219 g/mol. The summed E-state index contributed by atoms with van der Waals surface area (Å²) in [7, 11) is 0. The monoisotopic (exact) mass is 219 g/mol. The highest BCUT2D eigenvalue weighted by molar-refractivity contribution is 5.94. The van der Waals surface area contributed by atoms with E-state index in [1.54, 1.807) is 12.3 Å². The minimum absolute atomic E-state index is 0.0342. The van der Waals surface area contributed by atoms with Crippen LogP contribution >= 0.6 is 0 Å². The molecule has 0 radical (unpaired) electrons. The highest BCUT2D eigenvalue weighted by Crippen LogP contribution is 2.22. The number of carbonyl (C=O) groups excluding carboxylic acids is 1. The molecule has 0 spiro atoms. The van der Waals surface area contributed by atoms with Crippen molar-refractivity contribution in [1.29, 1.82) is 0 Å². The van der Waals surface area contributed by atoms with Crippen molar-refractivity contribution in [2.24, 2.45) is 5.41 Å². The average Bonchev–Trinajstić information content (AvgIpc) is 2.57. The summed E-state index contributed by atoms with van der Waals surface area (Å²) >= 11 is 0. The molecular weight excluding hydrogens is 205 g/mol. The molecule has 1 heterocycles. The molecule has 0 saturated heterocycles. The molecule has 16 heavy (non-hydrogen) atoms. The molecule has 0 N–H and O–H groups in total. The van der Waals surface area contributed by atoms with Gasteiger partial charge in [-0.1, -0.05) is 20.8 Å². The summed E-state index contributed by atoms with van der Waals surface area (Å²) in [5.41, 5.74) is 0.151. The zero-order chi connectivity index (χ0) is 11.9. The molecule has 0 unspecified atom stereocenters. The van der Waals surface area contributed by atoms with Crippen molar-refractivity contribution in [3.05, 3.63) is 36.3 Å². The Morgan fingerprint density at radius 1 is 1.25 bits per heavy atom. The van der Waals surface area contributed by atoms with Crippen molar-refractivity contribution in [1.82, 2.24) is 4.57 Å². The van der Waals surface area contributed by atoms with Crippen molar-refractivity contribution in [3.8, 4) is 0 Å². The van der Waals surface area contributed by atoms with E-state index < -0.39 is 5.41 Å². The van der Waals surface area contributed by atoms with Crippen LogP contribution in [-0.4, -0.2) is 10.5 Å². The topological polar surface area (TPSA) is 22.0 Å². The molecule has 2 nitrogen and oxygen atoms in total. The third kappa shape index (κ3) is 1.73. The third-order valence-electron chi connectivity index (χ3n) is 2.52. The van der Waals surface area contributed by atoms with Gasteiger partial charge in [0, 0.05) is 17.0 Å². The van der Waals surface area contributed by atoms with E-state index in [1.807, 2.05) is 26.8 Å². The molecule has 0 aliphatic heterocycles. The Kier molecular flexibility index (Phi) is 2.34. The highest BCUT2D eigenvalue weighted by atomic mass is 19.1. The van der Waals surface area contributed by atoms with E-state index >= 15 is 0 Å². The van der Waals surface area contributed by atoms with Gasteiger partial charge in [0.05, 0.1) is 5.52 Å². The number of fused-ring (bicyclic) bond motifs is 1. The van der Waals surface area contributed by atoms with Gasteiger partial charge in [0.25, 0.3) is 0 Å². The van der Waals surface area contributed by atoms with Crippen LogP contribution in [0.5, 0.6) is 0 Å².